The van der Waals surface area contributed by atoms with Gasteiger partial charge in [-0.3, -0.25) is 4.79 Å². The minimum atomic E-state index is -1.70. The Balaban J connectivity index is 1.90. The predicted octanol–water partition coefficient (Wildman–Crippen LogP) is 1.57. The van der Waals surface area contributed by atoms with Crippen molar-refractivity contribution in [2.24, 2.45) is 0 Å². The Hall–Kier alpha value is -3.61. The summed E-state index contributed by atoms with van der Waals surface area (Å²) in [7, 11) is 1.50. The fraction of sp³-hybridized carbons (Fsp3) is 0.370. The molecule has 11 heteroatoms. The smallest absolute Gasteiger partial charge is 0.238 e. The number of phenolic OH excluding ortho intramolecular Hbond substituents is 1. The third-order valence-electron chi connectivity index (χ3n) is 6.34. The van der Waals surface area contributed by atoms with Gasteiger partial charge < -0.3 is 49.3 Å². The Morgan fingerprint density at radius 1 is 1.05 bits per heavy atom. The molecule has 0 spiro atoms. The van der Waals surface area contributed by atoms with Crippen molar-refractivity contribution in [2.75, 3.05) is 13.7 Å². The van der Waals surface area contributed by atoms with E-state index in [1.807, 2.05) is 19.9 Å². The van der Waals surface area contributed by atoms with E-state index >= 15 is 0 Å². The quantitative estimate of drug-likeness (QED) is 0.244. The van der Waals surface area contributed by atoms with E-state index in [0.717, 1.165) is 11.6 Å². The lowest BCUT2D eigenvalue weighted by molar-refractivity contribution is -0.277. The van der Waals surface area contributed by atoms with E-state index in [4.69, 9.17) is 18.6 Å². The van der Waals surface area contributed by atoms with Crippen LogP contribution in [-0.4, -0.2) is 75.1 Å². The van der Waals surface area contributed by atoms with Crippen molar-refractivity contribution in [1.29, 1.82) is 0 Å². The monoisotopic (exact) mass is 530 g/mol. The molecule has 11 nitrogen and oxygen atoms in total. The predicted molar refractivity (Wildman–Crippen MR) is 135 cm³/mol. The molecule has 0 radical (unpaired) electrons. The highest BCUT2D eigenvalue weighted by Crippen LogP contribution is 2.40. The lowest BCUT2D eigenvalue weighted by Gasteiger charge is -2.39. The topological polar surface area (TPSA) is 179 Å². The second kappa shape index (κ2) is 11.0. The number of aliphatic hydroxyl groups excluding tert-OH is 4. The zero-order chi connectivity index (χ0) is 27.7. The lowest BCUT2D eigenvalue weighted by Crippen LogP contribution is -2.60. The number of rotatable bonds is 7. The maximum atomic E-state index is 13.2. The second-order valence-corrected chi connectivity index (χ2v) is 9.21. The summed E-state index contributed by atoms with van der Waals surface area (Å²) in [5, 5.41) is 61.3. The maximum absolute atomic E-state index is 13.2. The number of allylic oxidation sites excluding steroid dienone is 2. The highest BCUT2D eigenvalue weighted by Gasteiger charge is 2.45. The third kappa shape index (κ3) is 5.06. The standard InChI is InChI=1S/C27H30O11/c1-12(2)4-9-15-17(36-27-24(34)22(32)20(30)18(11-28)37-27)10-16(29)19-21(31)23(33)25(38-26(15)19)13-5-7-14(35-3)8-6-13/h4-8,10,18,20,22,24,27-30,32-34H,9,11H2,1-3H3/t18?,20-,22+,24?,27-/m1/s1. The molecular formula is C27H30O11. The molecule has 3 aromatic rings. The first kappa shape index (κ1) is 27.4. The molecule has 38 heavy (non-hydrogen) atoms. The Labute approximate surface area is 217 Å². The first-order valence-electron chi connectivity index (χ1n) is 11.9. The molecule has 1 fully saturated rings. The van der Waals surface area contributed by atoms with Crippen LogP contribution in [-0.2, 0) is 11.2 Å². The van der Waals surface area contributed by atoms with Gasteiger partial charge in [0.15, 0.2) is 5.76 Å². The van der Waals surface area contributed by atoms with Crippen LogP contribution < -0.4 is 14.9 Å². The molecule has 2 unspecified atom stereocenters. The van der Waals surface area contributed by atoms with Crippen LogP contribution in [0.1, 0.15) is 19.4 Å². The van der Waals surface area contributed by atoms with Crippen LogP contribution in [0.4, 0.5) is 0 Å². The van der Waals surface area contributed by atoms with E-state index in [-0.39, 0.29) is 34.5 Å². The number of hydrogen-bond acceptors (Lipinski definition) is 11. The summed E-state index contributed by atoms with van der Waals surface area (Å²) in [6.45, 7) is 3.05. The van der Waals surface area contributed by atoms with Crippen molar-refractivity contribution in [3.8, 4) is 34.3 Å². The first-order valence-corrected chi connectivity index (χ1v) is 11.9. The second-order valence-electron chi connectivity index (χ2n) is 9.21. The van der Waals surface area contributed by atoms with Crippen LogP contribution in [0.3, 0.4) is 0 Å². The van der Waals surface area contributed by atoms with Gasteiger partial charge in [0, 0.05) is 17.2 Å². The molecule has 1 aromatic heterocycles. The minimum absolute atomic E-state index is 0.0497. The zero-order valence-corrected chi connectivity index (χ0v) is 21.0. The van der Waals surface area contributed by atoms with Gasteiger partial charge in [0.2, 0.25) is 17.5 Å². The molecule has 1 saturated heterocycles. The largest absolute Gasteiger partial charge is 0.507 e. The van der Waals surface area contributed by atoms with Crippen LogP contribution in [0.25, 0.3) is 22.3 Å². The summed E-state index contributed by atoms with van der Waals surface area (Å²) in [4.78, 5) is 13.2. The molecular weight excluding hydrogens is 500 g/mol. The Morgan fingerprint density at radius 2 is 1.74 bits per heavy atom. The van der Waals surface area contributed by atoms with Gasteiger partial charge in [-0.15, -0.1) is 0 Å². The molecule has 4 rings (SSSR count). The van der Waals surface area contributed by atoms with Crippen molar-refractivity contribution in [3.63, 3.8) is 0 Å². The van der Waals surface area contributed by atoms with Crippen LogP contribution >= 0.6 is 0 Å². The van der Waals surface area contributed by atoms with Crippen LogP contribution in [0.5, 0.6) is 23.0 Å². The lowest BCUT2D eigenvalue weighted by atomic mass is 9.99. The molecule has 2 aromatic carbocycles. The van der Waals surface area contributed by atoms with Gasteiger partial charge in [0.1, 0.15) is 52.6 Å². The molecule has 1 aliphatic heterocycles. The average Bonchev–Trinajstić information content (AvgIpc) is 2.90. The zero-order valence-electron chi connectivity index (χ0n) is 21.0. The van der Waals surface area contributed by atoms with Gasteiger partial charge in [-0.05, 0) is 44.5 Å². The van der Waals surface area contributed by atoms with Crippen molar-refractivity contribution >= 4 is 11.0 Å². The number of ether oxygens (including phenoxy) is 3. The summed E-state index contributed by atoms with van der Waals surface area (Å²) < 4.78 is 22.5. The van der Waals surface area contributed by atoms with Gasteiger partial charge in [-0.2, -0.15) is 0 Å². The third-order valence-corrected chi connectivity index (χ3v) is 6.34. The van der Waals surface area contributed by atoms with Gasteiger partial charge in [0.05, 0.1) is 13.7 Å². The van der Waals surface area contributed by atoms with Gasteiger partial charge in [0.25, 0.3) is 0 Å². The molecule has 6 N–H and O–H groups in total. The number of aliphatic hydroxyl groups is 4. The highest BCUT2D eigenvalue weighted by atomic mass is 16.7. The van der Waals surface area contributed by atoms with Crippen LogP contribution in [0.2, 0.25) is 0 Å². The van der Waals surface area contributed by atoms with Crippen LogP contribution in [0, 0.1) is 0 Å². The Morgan fingerprint density at radius 3 is 2.34 bits per heavy atom. The number of fused-ring (bicyclic) bond motifs is 1. The SMILES string of the molecule is COc1ccc(-c2oc3c(CC=C(C)C)c(O[C@@H]4OC(CO)[C@@H](O)[C@H](O)C4O)cc(O)c3c(=O)c2O)cc1. The van der Waals surface area contributed by atoms with Crippen molar-refractivity contribution < 1.29 is 49.3 Å². The van der Waals surface area contributed by atoms with E-state index in [1.165, 1.54) is 7.11 Å². The molecule has 204 valence electrons. The normalized spacial score (nSPS) is 23.3. The summed E-state index contributed by atoms with van der Waals surface area (Å²) >= 11 is 0. The van der Waals surface area contributed by atoms with E-state index in [1.54, 1.807) is 24.3 Å². The molecule has 0 bridgehead atoms. The van der Waals surface area contributed by atoms with Crippen molar-refractivity contribution in [3.05, 3.63) is 57.8 Å². The fourth-order valence-electron chi connectivity index (χ4n) is 4.20. The van der Waals surface area contributed by atoms with E-state index < -0.39 is 54.2 Å². The number of hydrogen-bond donors (Lipinski definition) is 6. The number of benzene rings is 2. The number of methoxy groups -OCH3 is 1. The molecule has 0 aliphatic carbocycles. The van der Waals surface area contributed by atoms with E-state index in [2.05, 4.69) is 0 Å². The van der Waals surface area contributed by atoms with Gasteiger partial charge in [-0.1, -0.05) is 11.6 Å². The van der Waals surface area contributed by atoms with E-state index in [0.29, 0.717) is 11.3 Å². The molecule has 0 amide bonds. The first-order chi connectivity index (χ1) is 18.1. The average molecular weight is 531 g/mol. The highest BCUT2D eigenvalue weighted by molar-refractivity contribution is 5.91. The summed E-state index contributed by atoms with van der Waals surface area (Å²) in [6, 6.07) is 7.54. The molecule has 2 heterocycles. The summed E-state index contributed by atoms with van der Waals surface area (Å²) in [5.74, 6) is -0.910. The Bertz CT molecular complexity index is 1390. The molecule has 5 atom stereocenters. The van der Waals surface area contributed by atoms with E-state index in [9.17, 15) is 35.4 Å². The molecule has 1 aliphatic rings. The fourth-order valence-corrected chi connectivity index (χ4v) is 4.20. The minimum Gasteiger partial charge on any atom is -0.507 e. The maximum Gasteiger partial charge on any atom is 0.238 e. The van der Waals surface area contributed by atoms with Crippen molar-refractivity contribution in [1.82, 2.24) is 0 Å². The van der Waals surface area contributed by atoms with Gasteiger partial charge >= 0.3 is 0 Å². The van der Waals surface area contributed by atoms with Crippen molar-refractivity contribution in [2.45, 2.75) is 51.0 Å². The summed E-state index contributed by atoms with van der Waals surface area (Å²) in [6.07, 6.45) is -5.77. The van der Waals surface area contributed by atoms with Crippen LogP contribution in [0.15, 0.2) is 51.2 Å². The summed E-state index contributed by atoms with van der Waals surface area (Å²) in [5.41, 5.74) is 0.627. The number of phenols is 1. The Kier molecular flexibility index (Phi) is 7.95. The molecule has 0 saturated carbocycles. The number of aromatic hydroxyl groups is 2. The van der Waals surface area contributed by atoms with Gasteiger partial charge in [-0.25, -0.2) is 0 Å².